The first-order chi connectivity index (χ1) is 0. The molecule has 0 amide bonds. The second-order valence-corrected chi connectivity index (χ2v) is 0. The molecular formula is Al2Ba2Ca2O7. The van der Waals surface area contributed by atoms with Crippen LogP contribution in [0.4, 0.5) is 0 Å². The van der Waals surface area contributed by atoms with E-state index < -0.39 is 0 Å². The van der Waals surface area contributed by atoms with E-state index in [9.17, 15) is 0 Å². The summed E-state index contributed by atoms with van der Waals surface area (Å²) in [6, 6.07) is 0. The molecule has 0 rings (SSSR count). The zero-order chi connectivity index (χ0) is 0. The van der Waals surface area contributed by atoms with Crippen LogP contribution in [0.5, 0.6) is 0 Å². The third-order valence-corrected chi connectivity index (χ3v) is 0. The molecule has 0 radical (unpaired) electrons. The molecule has 0 atom stereocenters. The minimum absolute atomic E-state index is 0. The Morgan fingerprint density at radius 3 is 0.308 bits per heavy atom. The van der Waals surface area contributed by atoms with Crippen LogP contribution in [0.2, 0.25) is 0 Å². The van der Waals surface area contributed by atoms with Crippen molar-refractivity contribution < 1.29 is 38.3 Å². The summed E-state index contributed by atoms with van der Waals surface area (Å²) in [5.74, 6) is 0. The van der Waals surface area contributed by atoms with Crippen LogP contribution < -0.4 is 0 Å². The number of hydrogen-bond donors (Lipinski definition) is 0. The maximum Gasteiger partial charge on any atom is 3.00 e. The predicted octanol–water partition coefficient (Wildman–Crippen LogP) is -3.12. The third-order valence-electron chi connectivity index (χ3n) is 0. The van der Waals surface area contributed by atoms with E-state index in [-0.39, 0.29) is 246 Å². The topological polar surface area (TPSA) is 200 Å². The van der Waals surface area contributed by atoms with Crippen molar-refractivity contribution >= 4 is 208 Å². The van der Waals surface area contributed by atoms with Crippen molar-refractivity contribution in [3.8, 4) is 0 Å². The quantitative estimate of drug-likeness (QED) is 0.291. The summed E-state index contributed by atoms with van der Waals surface area (Å²) in [5, 5.41) is 0. The first-order valence-electron chi connectivity index (χ1n) is 0. The summed E-state index contributed by atoms with van der Waals surface area (Å²) in [6.07, 6.45) is 0. The third kappa shape index (κ3) is 120. The molecule has 13 heavy (non-hydrogen) atoms. The molecule has 0 heterocycles. The van der Waals surface area contributed by atoms with Crippen molar-refractivity contribution in [2.75, 3.05) is 0 Å². The first-order valence-corrected chi connectivity index (χ1v) is 0. The van der Waals surface area contributed by atoms with Gasteiger partial charge in [-0.3, -0.25) is 0 Å². The fourth-order valence-corrected chi connectivity index (χ4v) is 0. The summed E-state index contributed by atoms with van der Waals surface area (Å²) >= 11 is 0. The van der Waals surface area contributed by atoms with Crippen molar-refractivity contribution in [1.82, 2.24) is 0 Å². The van der Waals surface area contributed by atoms with Gasteiger partial charge >= 0.3 is 208 Å². The van der Waals surface area contributed by atoms with Crippen LogP contribution in [0.1, 0.15) is 0 Å². The van der Waals surface area contributed by atoms with Crippen LogP contribution in [-0.4, -0.2) is 208 Å². The molecule has 0 aromatic rings. The Morgan fingerprint density at radius 2 is 0.308 bits per heavy atom. The van der Waals surface area contributed by atoms with E-state index in [1.54, 1.807) is 0 Å². The van der Waals surface area contributed by atoms with E-state index in [2.05, 4.69) is 0 Å². The van der Waals surface area contributed by atoms with Gasteiger partial charge in [-0.2, -0.15) is 0 Å². The molecule has 0 aliphatic rings. The van der Waals surface area contributed by atoms with Gasteiger partial charge in [-0.25, -0.2) is 0 Å². The average molecular weight is 521 g/mol. The van der Waals surface area contributed by atoms with Gasteiger partial charge in [0.25, 0.3) is 0 Å². The Hall–Kier alpha value is 6.45. The minimum atomic E-state index is 0. The molecule has 0 aromatic carbocycles. The van der Waals surface area contributed by atoms with Gasteiger partial charge in [0.05, 0.1) is 0 Å². The van der Waals surface area contributed by atoms with Crippen molar-refractivity contribution in [3.63, 3.8) is 0 Å². The van der Waals surface area contributed by atoms with Crippen molar-refractivity contribution in [3.05, 3.63) is 0 Å². The van der Waals surface area contributed by atoms with E-state index >= 15 is 0 Å². The minimum Gasteiger partial charge on any atom is -2.00 e. The molecule has 0 bridgehead atoms. The summed E-state index contributed by atoms with van der Waals surface area (Å²) in [5.41, 5.74) is 0. The van der Waals surface area contributed by atoms with Crippen molar-refractivity contribution in [2.45, 2.75) is 0 Å². The van der Waals surface area contributed by atoms with E-state index in [1.807, 2.05) is 0 Å². The molecule has 0 N–H and O–H groups in total. The van der Waals surface area contributed by atoms with Crippen LogP contribution >= 0.6 is 0 Å². The SMILES string of the molecule is [Al+3].[Al+3].[Ba+2].[Ba+2].[Ca+2].[Ca+2].[O-2].[O-2].[O-2].[O-2].[O-2].[O-2].[O-2]. The molecule has 0 unspecified atom stereocenters. The maximum absolute atomic E-state index is 0. The second-order valence-electron chi connectivity index (χ2n) is 0. The normalized spacial score (nSPS) is 0. The predicted molar refractivity (Wildman–Crippen MR) is 39.3 cm³/mol. The van der Waals surface area contributed by atoms with Crippen LogP contribution in [0.3, 0.4) is 0 Å². The van der Waals surface area contributed by atoms with Gasteiger partial charge in [0.15, 0.2) is 0 Å². The fourth-order valence-electron chi connectivity index (χ4n) is 0. The molecule has 0 aliphatic heterocycles. The van der Waals surface area contributed by atoms with E-state index in [4.69, 9.17) is 0 Å². The van der Waals surface area contributed by atoms with E-state index in [0.29, 0.717) is 0 Å². The summed E-state index contributed by atoms with van der Waals surface area (Å²) in [4.78, 5) is 0. The molecule has 0 fully saturated rings. The molecule has 0 aromatic heterocycles. The van der Waals surface area contributed by atoms with Gasteiger partial charge in [0.2, 0.25) is 0 Å². The Labute approximate surface area is 239 Å². The molecule has 0 spiro atoms. The Balaban J connectivity index is 0. The van der Waals surface area contributed by atoms with Gasteiger partial charge in [0.1, 0.15) is 0 Å². The van der Waals surface area contributed by atoms with E-state index in [0.717, 1.165) is 0 Å². The Kier molecular flexibility index (Phi) is 1650. The van der Waals surface area contributed by atoms with E-state index in [1.165, 1.54) is 0 Å². The first kappa shape index (κ1) is 159. The van der Waals surface area contributed by atoms with Gasteiger partial charge in [0, 0.05) is 0 Å². The second kappa shape index (κ2) is 135. The van der Waals surface area contributed by atoms with Crippen LogP contribution in [0.15, 0.2) is 0 Å². The standard InChI is InChI=1S/2Al.2Ba.2Ca.7O/q2*+3;4*+2;7*-2. The van der Waals surface area contributed by atoms with Gasteiger partial charge in [-0.1, -0.05) is 0 Å². The Morgan fingerprint density at radius 1 is 0.308 bits per heavy atom. The van der Waals surface area contributed by atoms with Crippen LogP contribution in [0.25, 0.3) is 0 Å². The molecule has 0 saturated carbocycles. The molecule has 56 valence electrons. The van der Waals surface area contributed by atoms with Crippen LogP contribution in [0, 0.1) is 0 Å². The zero-order valence-electron chi connectivity index (χ0n) is 6.84. The maximum atomic E-state index is 0. The zero-order valence-corrected chi connectivity index (χ0v) is 22.4. The molecular weight excluding hydrogens is 521 g/mol. The average Bonchev–Trinajstić information content (AvgIpc) is 0. The van der Waals surface area contributed by atoms with Gasteiger partial charge in [-0.15, -0.1) is 0 Å². The van der Waals surface area contributed by atoms with Gasteiger partial charge < -0.3 is 38.3 Å². The number of rotatable bonds is 0. The summed E-state index contributed by atoms with van der Waals surface area (Å²) in [7, 11) is 0. The number of hydrogen-bond acceptors (Lipinski definition) is 0. The summed E-state index contributed by atoms with van der Waals surface area (Å²) in [6.45, 7) is 0. The Bertz CT molecular complexity index is 22.5. The molecule has 0 aliphatic carbocycles. The monoisotopic (exact) mass is 522 g/mol. The van der Waals surface area contributed by atoms with Gasteiger partial charge in [-0.05, 0) is 0 Å². The largest absolute Gasteiger partial charge is 3.00 e. The smallest absolute Gasteiger partial charge is 2.00 e. The molecule has 7 nitrogen and oxygen atoms in total. The molecule has 0 saturated heterocycles. The van der Waals surface area contributed by atoms with Crippen molar-refractivity contribution in [2.24, 2.45) is 0 Å². The van der Waals surface area contributed by atoms with Crippen molar-refractivity contribution in [1.29, 1.82) is 0 Å². The fraction of sp³-hybridized carbons (Fsp3) is 0. The summed E-state index contributed by atoms with van der Waals surface area (Å²) < 4.78 is 0. The van der Waals surface area contributed by atoms with Crippen LogP contribution in [-0.2, 0) is 38.3 Å². The molecule has 13 heteroatoms.